The van der Waals surface area contributed by atoms with Gasteiger partial charge in [-0.25, -0.2) is 12.7 Å². The first-order chi connectivity index (χ1) is 5.54. The molecule has 0 aromatic rings. The van der Waals surface area contributed by atoms with Crippen molar-refractivity contribution in [2.75, 3.05) is 25.9 Å². The van der Waals surface area contributed by atoms with Crippen LogP contribution in [0, 0.1) is 5.92 Å². The molecular formula is C6H14N2O2S2. The van der Waals surface area contributed by atoms with Crippen LogP contribution < -0.4 is 4.72 Å². The van der Waals surface area contributed by atoms with E-state index in [-0.39, 0.29) is 0 Å². The summed E-state index contributed by atoms with van der Waals surface area (Å²) in [6.45, 7) is 2.06. The van der Waals surface area contributed by atoms with Crippen LogP contribution in [0.15, 0.2) is 0 Å². The summed E-state index contributed by atoms with van der Waals surface area (Å²) < 4.78 is 26.4. The Hall–Kier alpha value is 0.220. The average molecular weight is 210 g/mol. The fourth-order valence-corrected chi connectivity index (χ4v) is 2.57. The van der Waals surface area contributed by atoms with Gasteiger partial charge in [0.1, 0.15) is 0 Å². The van der Waals surface area contributed by atoms with Crippen LogP contribution in [-0.4, -0.2) is 38.6 Å². The molecule has 0 radical (unpaired) electrons. The molecule has 1 aliphatic rings. The first kappa shape index (κ1) is 10.3. The molecule has 1 N–H and O–H groups in total. The highest BCUT2D eigenvalue weighted by Gasteiger charge is 2.27. The number of rotatable bonds is 3. The summed E-state index contributed by atoms with van der Waals surface area (Å²) in [5.41, 5.74) is 0. The van der Waals surface area contributed by atoms with E-state index >= 15 is 0 Å². The van der Waals surface area contributed by atoms with E-state index in [2.05, 4.69) is 17.5 Å². The van der Waals surface area contributed by atoms with Gasteiger partial charge in [-0.2, -0.15) is 0 Å². The van der Waals surface area contributed by atoms with Crippen LogP contribution in [0.1, 0.15) is 6.42 Å². The third-order valence-corrected chi connectivity index (χ3v) is 3.55. The van der Waals surface area contributed by atoms with Gasteiger partial charge in [0.25, 0.3) is 0 Å². The van der Waals surface area contributed by atoms with Crippen LogP contribution in [0.4, 0.5) is 0 Å². The van der Waals surface area contributed by atoms with E-state index in [1.54, 1.807) is 0 Å². The van der Waals surface area contributed by atoms with Gasteiger partial charge in [0.2, 0.25) is 10.0 Å². The molecule has 0 unspecified atom stereocenters. The molecule has 1 rings (SSSR count). The zero-order chi connectivity index (χ0) is 9.19. The average Bonchev–Trinajstić information content (AvgIpc) is 2.35. The van der Waals surface area contributed by atoms with Crippen LogP contribution in [0.2, 0.25) is 0 Å². The van der Waals surface area contributed by atoms with Crippen molar-refractivity contribution in [3.05, 3.63) is 0 Å². The van der Waals surface area contributed by atoms with Crippen molar-refractivity contribution in [3.8, 4) is 0 Å². The Labute approximate surface area is 78.9 Å². The Balaban J connectivity index is 2.46. The number of nitrogens with one attached hydrogen (secondary N) is 1. The van der Waals surface area contributed by atoms with E-state index in [9.17, 15) is 8.42 Å². The molecule has 0 aliphatic carbocycles. The third kappa shape index (κ3) is 2.62. The Morgan fingerprint density at radius 2 is 2.33 bits per heavy atom. The highest BCUT2D eigenvalue weighted by atomic mass is 32.2. The first-order valence-electron chi connectivity index (χ1n) is 3.86. The lowest BCUT2D eigenvalue weighted by molar-refractivity contribution is 0.461. The van der Waals surface area contributed by atoms with Crippen LogP contribution >= 0.6 is 12.8 Å². The first-order valence-corrected chi connectivity index (χ1v) is 6.15. The molecule has 12 heavy (non-hydrogen) atoms. The number of sulfonamides is 1. The Morgan fingerprint density at radius 1 is 1.67 bits per heavy atom. The van der Waals surface area contributed by atoms with Gasteiger partial charge in [-0.15, -0.1) is 0 Å². The van der Waals surface area contributed by atoms with E-state index in [0.717, 1.165) is 13.0 Å². The number of nitrogens with zero attached hydrogens (tertiary/aromatic N) is 1. The second-order valence-electron chi connectivity index (χ2n) is 3.14. The third-order valence-electron chi connectivity index (χ3n) is 2.10. The topological polar surface area (TPSA) is 49.4 Å². The predicted octanol–water partition coefficient (Wildman–Crippen LogP) is -0.298. The summed E-state index contributed by atoms with van der Waals surface area (Å²) in [7, 11) is -2.97. The Bertz CT molecular complexity index is 240. The smallest absolute Gasteiger partial charge is 0.211 e. The van der Waals surface area contributed by atoms with Crippen molar-refractivity contribution in [2.45, 2.75) is 6.42 Å². The van der Waals surface area contributed by atoms with Gasteiger partial charge in [-0.3, -0.25) is 4.72 Å². The predicted molar refractivity (Wildman–Crippen MR) is 51.5 cm³/mol. The van der Waals surface area contributed by atoms with Crippen LogP contribution in [0.25, 0.3) is 0 Å². The van der Waals surface area contributed by atoms with Gasteiger partial charge in [-0.1, -0.05) is 12.8 Å². The number of hydrogen-bond donors (Lipinski definition) is 2. The van der Waals surface area contributed by atoms with Gasteiger partial charge < -0.3 is 0 Å². The molecule has 1 atom stereocenters. The molecule has 1 heterocycles. The molecule has 1 aliphatic heterocycles. The maximum Gasteiger partial charge on any atom is 0.211 e. The molecule has 0 aromatic heterocycles. The van der Waals surface area contributed by atoms with Crippen molar-refractivity contribution in [3.63, 3.8) is 0 Å². The van der Waals surface area contributed by atoms with E-state index in [4.69, 9.17) is 0 Å². The zero-order valence-corrected chi connectivity index (χ0v) is 8.74. The van der Waals surface area contributed by atoms with E-state index < -0.39 is 10.0 Å². The van der Waals surface area contributed by atoms with E-state index in [1.807, 2.05) is 0 Å². The lowest BCUT2D eigenvalue weighted by atomic mass is 10.1. The number of hydrogen-bond acceptors (Lipinski definition) is 4. The molecule has 0 aromatic carbocycles. The van der Waals surface area contributed by atoms with Gasteiger partial charge in [0, 0.05) is 19.6 Å². The normalized spacial score (nSPS) is 26.3. The van der Waals surface area contributed by atoms with E-state index in [0.29, 0.717) is 19.0 Å². The summed E-state index contributed by atoms with van der Waals surface area (Å²) in [6.07, 6.45) is 2.18. The van der Waals surface area contributed by atoms with Gasteiger partial charge >= 0.3 is 0 Å². The largest absolute Gasteiger partial charge is 0.266 e. The maximum atomic E-state index is 11.1. The maximum absolute atomic E-state index is 11.1. The highest BCUT2D eigenvalue weighted by molar-refractivity contribution is 7.88. The minimum Gasteiger partial charge on any atom is -0.266 e. The molecule has 72 valence electrons. The van der Waals surface area contributed by atoms with Crippen molar-refractivity contribution in [1.29, 1.82) is 0 Å². The van der Waals surface area contributed by atoms with Crippen LogP contribution in [0.5, 0.6) is 0 Å². The Morgan fingerprint density at radius 3 is 2.75 bits per heavy atom. The molecule has 4 nitrogen and oxygen atoms in total. The molecule has 0 amide bonds. The minimum atomic E-state index is -2.97. The SMILES string of the molecule is CS(=O)(=O)N1CC[C@H](CNS)C1. The summed E-state index contributed by atoms with van der Waals surface area (Å²) in [5, 5.41) is 0. The minimum absolute atomic E-state index is 0.414. The molecular weight excluding hydrogens is 196 g/mol. The second-order valence-corrected chi connectivity index (χ2v) is 5.44. The zero-order valence-electron chi connectivity index (χ0n) is 7.02. The lowest BCUT2D eigenvalue weighted by Gasteiger charge is -2.12. The van der Waals surface area contributed by atoms with Crippen molar-refractivity contribution in [1.82, 2.24) is 9.03 Å². The number of thiol groups is 1. The van der Waals surface area contributed by atoms with Crippen molar-refractivity contribution in [2.24, 2.45) is 5.92 Å². The molecule has 0 saturated carbocycles. The summed E-state index contributed by atoms with van der Waals surface area (Å²) in [5.74, 6) is 0.414. The van der Waals surface area contributed by atoms with Crippen molar-refractivity contribution < 1.29 is 8.42 Å². The van der Waals surface area contributed by atoms with Gasteiger partial charge in [0.15, 0.2) is 0 Å². The van der Waals surface area contributed by atoms with Gasteiger partial charge in [-0.05, 0) is 12.3 Å². The van der Waals surface area contributed by atoms with Crippen molar-refractivity contribution >= 4 is 22.8 Å². The monoisotopic (exact) mass is 210 g/mol. The molecule has 0 bridgehead atoms. The fourth-order valence-electron chi connectivity index (χ4n) is 1.39. The molecule has 1 fully saturated rings. The van der Waals surface area contributed by atoms with E-state index in [1.165, 1.54) is 10.6 Å². The van der Waals surface area contributed by atoms with Crippen LogP contribution in [-0.2, 0) is 10.0 Å². The molecule has 6 heteroatoms. The second kappa shape index (κ2) is 3.95. The quantitative estimate of drug-likeness (QED) is 0.629. The molecule has 1 saturated heterocycles. The summed E-state index contributed by atoms with van der Waals surface area (Å²) in [4.78, 5) is 0. The lowest BCUT2D eigenvalue weighted by Crippen LogP contribution is -2.28. The summed E-state index contributed by atoms with van der Waals surface area (Å²) >= 11 is 3.88. The Kier molecular flexibility index (Phi) is 3.39. The standard InChI is InChI=1S/C6H14N2O2S2/c1-12(9,10)8-3-2-6(5-8)4-7-11/h6-7,11H,2-5H2,1H3/t6-/m1/s1. The fraction of sp³-hybridized carbons (Fsp3) is 1.00. The molecule has 0 spiro atoms. The van der Waals surface area contributed by atoms with Crippen LogP contribution in [0.3, 0.4) is 0 Å². The summed E-state index contributed by atoms with van der Waals surface area (Å²) in [6, 6.07) is 0. The highest BCUT2D eigenvalue weighted by Crippen LogP contribution is 2.17. The van der Waals surface area contributed by atoms with Gasteiger partial charge in [0.05, 0.1) is 6.26 Å².